The van der Waals surface area contributed by atoms with Crippen molar-refractivity contribution < 1.29 is 24.1 Å². The number of nitrogens with zero attached hydrogens (tertiary/aromatic N) is 4. The summed E-state index contributed by atoms with van der Waals surface area (Å²) in [6.07, 6.45) is 6.29. The number of aromatic carboxylic acids is 1. The Balaban J connectivity index is 1.38. The number of aromatic nitrogens is 3. The fourth-order valence-corrected chi connectivity index (χ4v) is 5.88. The van der Waals surface area contributed by atoms with Crippen LogP contribution in [-0.4, -0.2) is 57.1 Å². The van der Waals surface area contributed by atoms with E-state index in [1.165, 1.54) is 34.7 Å². The van der Waals surface area contributed by atoms with Gasteiger partial charge in [0.05, 0.1) is 19.0 Å². The van der Waals surface area contributed by atoms with Crippen molar-refractivity contribution in [3.8, 4) is 11.7 Å². The molecule has 5 rings (SSSR count). The Hall–Kier alpha value is -3.95. The summed E-state index contributed by atoms with van der Waals surface area (Å²) in [7, 11) is 1.42. The summed E-state index contributed by atoms with van der Waals surface area (Å²) in [4.78, 5) is 19.0. The Morgan fingerprint density at radius 1 is 1.21 bits per heavy atom. The lowest BCUT2D eigenvalue weighted by atomic mass is 10.0. The molecule has 9 nitrogen and oxygen atoms in total. The van der Waals surface area contributed by atoms with Crippen LogP contribution in [0.25, 0.3) is 11.4 Å². The fourth-order valence-electron chi connectivity index (χ4n) is 5.88. The summed E-state index contributed by atoms with van der Waals surface area (Å²) >= 11 is 0. The molecule has 2 aliphatic rings. The molecule has 0 saturated carbocycles. The van der Waals surface area contributed by atoms with Crippen molar-refractivity contribution in [2.24, 2.45) is 0 Å². The van der Waals surface area contributed by atoms with Crippen molar-refractivity contribution in [2.75, 3.05) is 20.3 Å². The highest BCUT2D eigenvalue weighted by atomic mass is 16.5. The minimum absolute atomic E-state index is 0.0257. The second-order valence-corrected chi connectivity index (χ2v) is 10.9. The fraction of sp³-hybridized carbons (Fsp3) is 0.424. The van der Waals surface area contributed by atoms with Gasteiger partial charge in [0.15, 0.2) is 5.82 Å². The van der Waals surface area contributed by atoms with Gasteiger partial charge < -0.3 is 19.3 Å². The molecule has 1 N–H and O–H groups in total. The van der Waals surface area contributed by atoms with Crippen LogP contribution in [0.1, 0.15) is 78.3 Å². The molecular formula is C33H40N4O5. The highest BCUT2D eigenvalue weighted by Gasteiger charge is 2.29. The number of rotatable bonds is 10. The smallest absolute Gasteiger partial charge is 0.342 e. The summed E-state index contributed by atoms with van der Waals surface area (Å²) in [5.41, 5.74) is 7.96. The van der Waals surface area contributed by atoms with Crippen molar-refractivity contribution in [3.05, 3.63) is 87.4 Å². The second kappa shape index (κ2) is 12.9. The molecule has 42 heavy (non-hydrogen) atoms. The quantitative estimate of drug-likeness (QED) is 0.231. The van der Waals surface area contributed by atoms with Gasteiger partial charge in [-0.3, -0.25) is 4.90 Å². The molecular weight excluding hydrogens is 532 g/mol. The Morgan fingerprint density at radius 2 is 2.00 bits per heavy atom. The zero-order chi connectivity index (χ0) is 29.8. The van der Waals surface area contributed by atoms with Crippen LogP contribution in [0.15, 0.2) is 53.9 Å². The minimum atomic E-state index is -1.11. The number of pyridine rings is 1. The van der Waals surface area contributed by atoms with E-state index >= 15 is 0 Å². The monoisotopic (exact) mass is 572 g/mol. The first-order valence-corrected chi connectivity index (χ1v) is 14.6. The predicted molar refractivity (Wildman–Crippen MR) is 161 cm³/mol. The molecule has 0 radical (unpaired) electrons. The molecule has 0 amide bonds. The molecule has 9 heteroatoms. The van der Waals surface area contributed by atoms with Crippen molar-refractivity contribution in [3.63, 3.8) is 0 Å². The van der Waals surface area contributed by atoms with Crippen LogP contribution in [0.5, 0.6) is 5.88 Å². The molecule has 0 bridgehead atoms. The van der Waals surface area contributed by atoms with Gasteiger partial charge >= 0.3 is 5.97 Å². The van der Waals surface area contributed by atoms with Gasteiger partial charge in [0.2, 0.25) is 5.88 Å². The Kier molecular flexibility index (Phi) is 9.09. The molecule has 0 spiro atoms. The second-order valence-electron chi connectivity index (χ2n) is 10.9. The number of hydrogen-bond acceptors (Lipinski definition) is 7. The van der Waals surface area contributed by atoms with Crippen molar-refractivity contribution in [1.82, 2.24) is 19.7 Å². The topological polar surface area (TPSA) is 98.9 Å². The molecule has 2 aliphatic heterocycles. The molecule has 2 aromatic heterocycles. The van der Waals surface area contributed by atoms with Crippen LogP contribution in [-0.2, 0) is 29.2 Å². The van der Waals surface area contributed by atoms with Crippen LogP contribution in [0.3, 0.4) is 0 Å². The van der Waals surface area contributed by atoms with Gasteiger partial charge in [-0.25, -0.2) is 9.78 Å². The number of carbonyl (C=O) groups is 1. The normalized spacial score (nSPS) is 16.7. The number of ether oxygens (including phenoxy) is 3. The number of benzene rings is 1. The minimum Gasteiger partial charge on any atom is -0.488 e. The average molecular weight is 573 g/mol. The van der Waals surface area contributed by atoms with Gasteiger partial charge in [-0.1, -0.05) is 31.2 Å². The average Bonchev–Trinajstić information content (AvgIpc) is 3.65. The summed E-state index contributed by atoms with van der Waals surface area (Å²) < 4.78 is 18.9. The number of hydrogen-bond donors (Lipinski definition) is 1. The molecule has 1 fully saturated rings. The van der Waals surface area contributed by atoms with Crippen LogP contribution in [0.2, 0.25) is 0 Å². The molecule has 0 aliphatic carbocycles. The lowest BCUT2D eigenvalue weighted by Crippen LogP contribution is -2.35. The SMILES string of the molecule is C/C=C(\C(OCc1cc(C)c2c(c1)CN(C1CCOCC1)C2)=C(\C)CC)c1cccc(-n2ncc(C(=O)O)c2OC)n1. The molecule has 222 valence electrons. The van der Waals surface area contributed by atoms with E-state index in [0.29, 0.717) is 24.2 Å². The third kappa shape index (κ3) is 5.98. The number of aryl methyl sites for hydroxylation is 1. The number of fused-ring (bicyclic) bond motifs is 1. The van der Waals surface area contributed by atoms with Gasteiger partial charge in [0.1, 0.15) is 17.9 Å². The van der Waals surface area contributed by atoms with Crippen LogP contribution >= 0.6 is 0 Å². The van der Waals surface area contributed by atoms with Crippen LogP contribution < -0.4 is 4.74 Å². The summed E-state index contributed by atoms with van der Waals surface area (Å²) in [6.45, 7) is 12.5. The predicted octanol–water partition coefficient (Wildman–Crippen LogP) is 6.08. The van der Waals surface area contributed by atoms with E-state index in [0.717, 1.165) is 68.0 Å². The molecule has 3 aromatic rings. The van der Waals surface area contributed by atoms with Gasteiger partial charge in [0, 0.05) is 37.9 Å². The lowest BCUT2D eigenvalue weighted by molar-refractivity contribution is 0.0325. The van der Waals surface area contributed by atoms with E-state index in [1.54, 1.807) is 6.07 Å². The lowest BCUT2D eigenvalue weighted by Gasteiger charge is -2.30. The number of allylic oxidation sites excluding steroid dienone is 3. The largest absolute Gasteiger partial charge is 0.488 e. The van der Waals surface area contributed by atoms with Crippen LogP contribution in [0, 0.1) is 6.92 Å². The molecule has 1 aromatic carbocycles. The molecule has 0 atom stereocenters. The van der Waals surface area contributed by atoms with E-state index in [2.05, 4.69) is 42.9 Å². The summed E-state index contributed by atoms with van der Waals surface area (Å²) in [5, 5.41) is 13.7. The van der Waals surface area contributed by atoms with E-state index in [-0.39, 0.29) is 11.4 Å². The van der Waals surface area contributed by atoms with Gasteiger partial charge in [-0.05, 0) is 80.0 Å². The molecule has 4 heterocycles. The maximum absolute atomic E-state index is 11.6. The van der Waals surface area contributed by atoms with E-state index < -0.39 is 5.97 Å². The number of carboxylic acids is 1. The first-order valence-electron chi connectivity index (χ1n) is 14.6. The van der Waals surface area contributed by atoms with E-state index in [1.807, 2.05) is 25.1 Å². The van der Waals surface area contributed by atoms with E-state index in [4.69, 9.17) is 19.2 Å². The summed E-state index contributed by atoms with van der Waals surface area (Å²) in [6, 6.07) is 10.7. The van der Waals surface area contributed by atoms with Crippen molar-refractivity contribution in [1.29, 1.82) is 0 Å². The molecule has 0 unspecified atom stereocenters. The van der Waals surface area contributed by atoms with Gasteiger partial charge in [0.25, 0.3) is 0 Å². The number of carboxylic acid groups (broad SMARTS) is 1. The zero-order valence-corrected chi connectivity index (χ0v) is 25.1. The molecule has 1 saturated heterocycles. The first kappa shape index (κ1) is 29.5. The highest BCUT2D eigenvalue weighted by molar-refractivity contribution is 5.90. The standard InChI is InChI=1S/C33H40N4O5/c1-6-21(3)31(26(7-2)29-9-8-10-30(35-29)37-32(40-5)27(17-34-37)33(38)39)42-20-23-15-22(4)28-19-36(18-24(28)16-23)25-11-13-41-14-12-25/h7-10,15-17,25H,6,11-14,18-20H2,1-5H3,(H,38,39)/b26-7-,31-21+. The Bertz CT molecular complexity index is 1520. The maximum atomic E-state index is 11.6. The first-order chi connectivity index (χ1) is 20.3. The van der Waals surface area contributed by atoms with Crippen molar-refractivity contribution in [2.45, 2.75) is 72.7 Å². The van der Waals surface area contributed by atoms with Crippen molar-refractivity contribution >= 4 is 11.5 Å². The summed E-state index contributed by atoms with van der Waals surface area (Å²) in [5.74, 6) is 0.255. The number of methoxy groups -OCH3 is 1. The zero-order valence-electron chi connectivity index (χ0n) is 25.1. The highest BCUT2D eigenvalue weighted by Crippen LogP contribution is 2.33. The van der Waals surface area contributed by atoms with Gasteiger partial charge in [-0.2, -0.15) is 9.78 Å². The Morgan fingerprint density at radius 3 is 2.69 bits per heavy atom. The van der Waals surface area contributed by atoms with Crippen LogP contribution in [0.4, 0.5) is 0 Å². The maximum Gasteiger partial charge on any atom is 0.342 e. The third-order valence-corrected chi connectivity index (χ3v) is 8.28. The Labute approximate surface area is 247 Å². The van der Waals surface area contributed by atoms with E-state index in [9.17, 15) is 9.90 Å². The van der Waals surface area contributed by atoms with Gasteiger partial charge in [-0.15, -0.1) is 0 Å². The third-order valence-electron chi connectivity index (χ3n) is 8.28.